The molecule has 0 amide bonds. The minimum atomic E-state index is -0.333. The number of halogens is 3. The minimum Gasteiger partial charge on any atom is -0.378 e. The van der Waals surface area contributed by atoms with Gasteiger partial charge < -0.3 is 5.32 Å². The highest BCUT2D eigenvalue weighted by atomic mass is 35.5. The van der Waals surface area contributed by atoms with Gasteiger partial charge in [0.1, 0.15) is 5.82 Å². The van der Waals surface area contributed by atoms with Crippen LogP contribution in [0.1, 0.15) is 24.1 Å². The zero-order valence-electron chi connectivity index (χ0n) is 10.7. The van der Waals surface area contributed by atoms with Gasteiger partial charge in [0.2, 0.25) is 0 Å². The van der Waals surface area contributed by atoms with Crippen LogP contribution >= 0.6 is 23.2 Å². The Labute approximate surface area is 122 Å². The van der Waals surface area contributed by atoms with Crippen LogP contribution in [-0.4, -0.2) is 0 Å². The van der Waals surface area contributed by atoms with Crippen molar-refractivity contribution in [3.63, 3.8) is 0 Å². The standard InChI is InChI=1S/C15H14Cl2FN/c1-9-3-4-11(16)7-15(9)19-10(2)13-6-5-12(18)8-14(13)17/h3-8,10,19H,1-2H3. The molecule has 2 aromatic rings. The molecule has 0 aliphatic carbocycles. The molecule has 0 spiro atoms. The van der Waals surface area contributed by atoms with Gasteiger partial charge in [0.25, 0.3) is 0 Å². The lowest BCUT2D eigenvalue weighted by atomic mass is 10.1. The molecule has 0 fully saturated rings. The SMILES string of the molecule is Cc1ccc(Cl)cc1NC(C)c1ccc(F)cc1Cl. The Balaban J connectivity index is 2.25. The number of nitrogens with one attached hydrogen (secondary N) is 1. The summed E-state index contributed by atoms with van der Waals surface area (Å²) in [5.74, 6) is -0.333. The largest absolute Gasteiger partial charge is 0.378 e. The van der Waals surface area contributed by atoms with E-state index in [1.807, 2.05) is 32.0 Å². The van der Waals surface area contributed by atoms with Crippen LogP contribution in [0.2, 0.25) is 10.0 Å². The zero-order valence-corrected chi connectivity index (χ0v) is 12.2. The summed E-state index contributed by atoms with van der Waals surface area (Å²) < 4.78 is 13.0. The third kappa shape index (κ3) is 3.40. The third-order valence-corrected chi connectivity index (χ3v) is 3.56. The number of benzene rings is 2. The monoisotopic (exact) mass is 297 g/mol. The maximum Gasteiger partial charge on any atom is 0.124 e. The normalized spacial score (nSPS) is 12.3. The molecule has 0 aliphatic rings. The van der Waals surface area contributed by atoms with Gasteiger partial charge in [-0.3, -0.25) is 0 Å². The molecule has 2 rings (SSSR count). The maximum absolute atomic E-state index is 13.0. The van der Waals surface area contributed by atoms with Gasteiger partial charge in [-0.05, 0) is 49.2 Å². The predicted molar refractivity (Wildman–Crippen MR) is 79.6 cm³/mol. The van der Waals surface area contributed by atoms with Gasteiger partial charge in [0.05, 0.1) is 6.04 Å². The molecule has 100 valence electrons. The minimum absolute atomic E-state index is 0.0368. The van der Waals surface area contributed by atoms with E-state index in [0.717, 1.165) is 16.8 Å². The van der Waals surface area contributed by atoms with Crippen molar-refractivity contribution in [2.24, 2.45) is 0 Å². The van der Waals surface area contributed by atoms with Crippen LogP contribution in [0.25, 0.3) is 0 Å². The summed E-state index contributed by atoms with van der Waals surface area (Å²) in [6.45, 7) is 3.97. The predicted octanol–water partition coefficient (Wildman–Crippen LogP) is 5.61. The zero-order chi connectivity index (χ0) is 14.0. The lowest BCUT2D eigenvalue weighted by molar-refractivity contribution is 0.626. The van der Waals surface area contributed by atoms with Crippen LogP contribution in [0.5, 0.6) is 0 Å². The van der Waals surface area contributed by atoms with Crippen molar-refractivity contribution in [2.75, 3.05) is 5.32 Å². The van der Waals surface area contributed by atoms with Crippen LogP contribution in [-0.2, 0) is 0 Å². The van der Waals surface area contributed by atoms with Gasteiger partial charge in [-0.15, -0.1) is 0 Å². The highest BCUT2D eigenvalue weighted by molar-refractivity contribution is 6.31. The first-order valence-electron chi connectivity index (χ1n) is 5.95. The highest BCUT2D eigenvalue weighted by Gasteiger charge is 2.11. The molecule has 0 aromatic heterocycles. The van der Waals surface area contributed by atoms with E-state index < -0.39 is 0 Å². The molecule has 0 radical (unpaired) electrons. The summed E-state index contributed by atoms with van der Waals surface area (Å²) in [5.41, 5.74) is 2.89. The molecule has 0 bridgehead atoms. The molecule has 4 heteroatoms. The molecular formula is C15H14Cl2FN. The molecule has 0 saturated heterocycles. The molecule has 19 heavy (non-hydrogen) atoms. The molecule has 1 unspecified atom stereocenters. The lowest BCUT2D eigenvalue weighted by Crippen LogP contribution is -2.08. The van der Waals surface area contributed by atoms with E-state index in [-0.39, 0.29) is 11.9 Å². The molecule has 0 heterocycles. The average molecular weight is 298 g/mol. The molecule has 1 atom stereocenters. The first-order chi connectivity index (χ1) is 8.97. The second-order valence-electron chi connectivity index (χ2n) is 4.49. The van der Waals surface area contributed by atoms with E-state index >= 15 is 0 Å². The highest BCUT2D eigenvalue weighted by Crippen LogP contribution is 2.29. The third-order valence-electron chi connectivity index (χ3n) is 3.00. The summed E-state index contributed by atoms with van der Waals surface area (Å²) in [7, 11) is 0. The first kappa shape index (κ1) is 14.2. The van der Waals surface area contributed by atoms with Crippen LogP contribution in [0, 0.1) is 12.7 Å². The van der Waals surface area contributed by atoms with Crippen LogP contribution in [0.4, 0.5) is 10.1 Å². The quantitative estimate of drug-likeness (QED) is 0.776. The first-order valence-corrected chi connectivity index (χ1v) is 6.70. The number of hydrogen-bond acceptors (Lipinski definition) is 1. The summed E-state index contributed by atoms with van der Waals surface area (Å²) in [6, 6.07) is 10.0. The maximum atomic E-state index is 13.0. The summed E-state index contributed by atoms with van der Waals surface area (Å²) in [6.07, 6.45) is 0. The molecule has 0 saturated carbocycles. The van der Waals surface area contributed by atoms with Crippen molar-refractivity contribution in [2.45, 2.75) is 19.9 Å². The Morgan fingerprint density at radius 1 is 1.11 bits per heavy atom. The van der Waals surface area contributed by atoms with Crippen molar-refractivity contribution in [1.82, 2.24) is 0 Å². The van der Waals surface area contributed by atoms with Crippen LogP contribution < -0.4 is 5.32 Å². The Kier molecular flexibility index (Phi) is 4.33. The topological polar surface area (TPSA) is 12.0 Å². The van der Waals surface area contributed by atoms with Gasteiger partial charge in [0.15, 0.2) is 0 Å². The van der Waals surface area contributed by atoms with Gasteiger partial charge in [-0.1, -0.05) is 35.3 Å². The molecular weight excluding hydrogens is 284 g/mol. The molecule has 1 N–H and O–H groups in total. The van der Waals surface area contributed by atoms with Crippen molar-refractivity contribution < 1.29 is 4.39 Å². The molecule has 0 aliphatic heterocycles. The van der Waals surface area contributed by atoms with Gasteiger partial charge in [-0.25, -0.2) is 4.39 Å². The van der Waals surface area contributed by atoms with E-state index in [0.29, 0.717) is 10.0 Å². The molecule has 2 aromatic carbocycles. The summed E-state index contributed by atoms with van der Waals surface area (Å²) in [5, 5.41) is 4.42. The van der Waals surface area contributed by atoms with E-state index in [4.69, 9.17) is 23.2 Å². The Morgan fingerprint density at radius 2 is 1.84 bits per heavy atom. The van der Waals surface area contributed by atoms with Crippen molar-refractivity contribution in [1.29, 1.82) is 0 Å². The van der Waals surface area contributed by atoms with E-state index in [9.17, 15) is 4.39 Å². The van der Waals surface area contributed by atoms with E-state index in [2.05, 4.69) is 5.32 Å². The fourth-order valence-electron chi connectivity index (χ4n) is 1.91. The average Bonchev–Trinajstić information content (AvgIpc) is 2.33. The van der Waals surface area contributed by atoms with Crippen molar-refractivity contribution in [3.8, 4) is 0 Å². The Bertz CT molecular complexity index is 599. The second kappa shape index (κ2) is 5.81. The fourth-order valence-corrected chi connectivity index (χ4v) is 2.42. The van der Waals surface area contributed by atoms with E-state index in [1.54, 1.807) is 6.07 Å². The van der Waals surface area contributed by atoms with E-state index in [1.165, 1.54) is 12.1 Å². The summed E-state index contributed by atoms with van der Waals surface area (Å²) >= 11 is 12.0. The second-order valence-corrected chi connectivity index (χ2v) is 5.33. The number of rotatable bonds is 3. The van der Waals surface area contributed by atoms with Crippen molar-refractivity contribution in [3.05, 3.63) is 63.4 Å². The number of aryl methyl sites for hydroxylation is 1. The Hall–Kier alpha value is -1.25. The van der Waals surface area contributed by atoms with Crippen LogP contribution in [0.15, 0.2) is 36.4 Å². The van der Waals surface area contributed by atoms with Gasteiger partial charge in [-0.2, -0.15) is 0 Å². The smallest absolute Gasteiger partial charge is 0.124 e. The van der Waals surface area contributed by atoms with Gasteiger partial charge >= 0.3 is 0 Å². The van der Waals surface area contributed by atoms with Crippen LogP contribution in [0.3, 0.4) is 0 Å². The van der Waals surface area contributed by atoms with Crippen molar-refractivity contribution >= 4 is 28.9 Å². The fraction of sp³-hybridized carbons (Fsp3) is 0.200. The van der Waals surface area contributed by atoms with Gasteiger partial charge in [0, 0.05) is 15.7 Å². The number of hydrogen-bond donors (Lipinski definition) is 1. The Morgan fingerprint density at radius 3 is 2.53 bits per heavy atom. The summed E-state index contributed by atoms with van der Waals surface area (Å²) in [4.78, 5) is 0. The molecule has 1 nitrogen and oxygen atoms in total. The number of anilines is 1. The lowest BCUT2D eigenvalue weighted by Gasteiger charge is -2.18.